The van der Waals surface area contributed by atoms with E-state index in [4.69, 9.17) is 21.1 Å². The Morgan fingerprint density at radius 2 is 1.87 bits per heavy atom. The topological polar surface area (TPSA) is 67.9 Å². The zero-order chi connectivity index (χ0) is 22.1. The monoisotopic (exact) mass is 432 g/mol. The first kappa shape index (κ1) is 23.5. The lowest BCUT2D eigenvalue weighted by molar-refractivity contribution is -0.129. The Balaban J connectivity index is 2.21. The molecule has 0 aliphatic heterocycles. The van der Waals surface area contributed by atoms with Crippen molar-refractivity contribution in [2.24, 2.45) is 0 Å². The van der Waals surface area contributed by atoms with E-state index in [1.54, 1.807) is 30.0 Å². The second-order valence-corrected chi connectivity index (χ2v) is 7.16. The molecule has 0 saturated carbocycles. The Kier molecular flexibility index (Phi) is 8.99. The maximum Gasteiger partial charge on any atom is 0.255 e. The molecule has 0 spiro atoms. The van der Waals surface area contributed by atoms with Crippen molar-refractivity contribution in [2.45, 2.75) is 40.7 Å². The van der Waals surface area contributed by atoms with Gasteiger partial charge in [0.15, 0.2) is 11.5 Å². The smallest absolute Gasteiger partial charge is 0.255 e. The maximum atomic E-state index is 12.8. The minimum absolute atomic E-state index is 0.00964. The summed E-state index contributed by atoms with van der Waals surface area (Å²) in [6.07, 6.45) is 0.833. The van der Waals surface area contributed by atoms with Gasteiger partial charge in [-0.25, -0.2) is 0 Å². The predicted molar refractivity (Wildman–Crippen MR) is 120 cm³/mol. The molecule has 0 atom stereocenters. The summed E-state index contributed by atoms with van der Waals surface area (Å²) in [6, 6.07) is 10.6. The number of nitrogens with zero attached hydrogens (tertiary/aromatic N) is 1. The van der Waals surface area contributed by atoms with Crippen LogP contribution in [0.3, 0.4) is 0 Å². The van der Waals surface area contributed by atoms with Crippen LogP contribution in [0.5, 0.6) is 11.5 Å². The third-order valence-corrected chi connectivity index (χ3v) is 4.69. The second kappa shape index (κ2) is 11.5. The Morgan fingerprint density at radius 1 is 1.10 bits per heavy atom. The number of carbonyl (C=O) groups is 2. The van der Waals surface area contributed by atoms with Gasteiger partial charge < -0.3 is 19.7 Å². The van der Waals surface area contributed by atoms with Crippen LogP contribution in [0, 0.1) is 0 Å². The summed E-state index contributed by atoms with van der Waals surface area (Å²) >= 11 is 6.36. The molecule has 162 valence electrons. The normalized spacial score (nSPS) is 10.4. The zero-order valence-electron chi connectivity index (χ0n) is 18.0. The lowest BCUT2D eigenvalue weighted by atomic mass is 10.1. The molecule has 0 aliphatic carbocycles. The van der Waals surface area contributed by atoms with Crippen molar-refractivity contribution in [3.8, 4) is 11.5 Å². The van der Waals surface area contributed by atoms with Crippen molar-refractivity contribution in [1.82, 2.24) is 4.90 Å². The number of halogens is 1. The van der Waals surface area contributed by atoms with E-state index < -0.39 is 0 Å². The number of amides is 2. The third kappa shape index (κ3) is 6.39. The SMILES string of the molecule is CCCOc1c(Cl)cc(C(=O)Nc2cccc(CN(CC)C(C)=O)c2)cc1OCC. The Bertz CT molecular complexity index is 886. The molecule has 0 fully saturated rings. The molecule has 0 bridgehead atoms. The Morgan fingerprint density at radius 3 is 2.50 bits per heavy atom. The molecule has 2 rings (SSSR count). The molecule has 2 aromatic carbocycles. The number of ether oxygens (including phenoxy) is 2. The number of rotatable bonds is 10. The van der Waals surface area contributed by atoms with Gasteiger partial charge in [0.05, 0.1) is 18.2 Å². The summed E-state index contributed by atoms with van der Waals surface area (Å²) in [5.41, 5.74) is 1.94. The van der Waals surface area contributed by atoms with E-state index in [1.165, 1.54) is 0 Å². The van der Waals surface area contributed by atoms with Gasteiger partial charge in [0.1, 0.15) is 0 Å². The predicted octanol–water partition coefficient (Wildman–Crippen LogP) is 5.15. The second-order valence-electron chi connectivity index (χ2n) is 6.75. The molecule has 0 saturated heterocycles. The quantitative estimate of drug-likeness (QED) is 0.563. The number of carbonyl (C=O) groups excluding carboxylic acids is 2. The fraction of sp³-hybridized carbons (Fsp3) is 0.391. The van der Waals surface area contributed by atoms with E-state index in [0.717, 1.165) is 12.0 Å². The molecule has 0 aliphatic rings. The highest BCUT2D eigenvalue weighted by Gasteiger charge is 2.17. The summed E-state index contributed by atoms with van der Waals surface area (Å²) in [5.74, 6) is 0.589. The highest BCUT2D eigenvalue weighted by atomic mass is 35.5. The summed E-state index contributed by atoms with van der Waals surface area (Å²) in [7, 11) is 0. The first-order valence-electron chi connectivity index (χ1n) is 10.1. The number of hydrogen-bond acceptors (Lipinski definition) is 4. The van der Waals surface area contributed by atoms with Crippen LogP contribution in [0.2, 0.25) is 5.02 Å². The fourth-order valence-electron chi connectivity index (χ4n) is 2.92. The van der Waals surface area contributed by atoms with Gasteiger partial charge in [-0.2, -0.15) is 0 Å². The minimum atomic E-state index is -0.309. The van der Waals surface area contributed by atoms with Crippen molar-refractivity contribution in [3.05, 3.63) is 52.5 Å². The Labute approximate surface area is 183 Å². The van der Waals surface area contributed by atoms with Crippen molar-refractivity contribution in [2.75, 3.05) is 25.1 Å². The van der Waals surface area contributed by atoms with Crippen molar-refractivity contribution >= 4 is 29.1 Å². The molecule has 1 N–H and O–H groups in total. The van der Waals surface area contributed by atoms with Crippen LogP contribution in [-0.4, -0.2) is 36.5 Å². The zero-order valence-corrected chi connectivity index (χ0v) is 18.7. The van der Waals surface area contributed by atoms with Crippen LogP contribution in [0.1, 0.15) is 50.0 Å². The van der Waals surface area contributed by atoms with E-state index in [1.807, 2.05) is 39.0 Å². The molecule has 2 amide bonds. The molecular formula is C23H29ClN2O4. The number of hydrogen-bond donors (Lipinski definition) is 1. The average Bonchev–Trinajstić information content (AvgIpc) is 2.71. The lowest BCUT2D eigenvalue weighted by Gasteiger charge is -2.19. The fourth-order valence-corrected chi connectivity index (χ4v) is 3.19. The van der Waals surface area contributed by atoms with Gasteiger partial charge in [0, 0.05) is 31.3 Å². The molecule has 7 heteroatoms. The average molecular weight is 433 g/mol. The van der Waals surface area contributed by atoms with E-state index >= 15 is 0 Å². The Hall–Kier alpha value is -2.73. The summed E-state index contributed by atoms with van der Waals surface area (Å²) in [5, 5.41) is 3.21. The molecule has 30 heavy (non-hydrogen) atoms. The molecule has 0 radical (unpaired) electrons. The van der Waals surface area contributed by atoms with Crippen LogP contribution < -0.4 is 14.8 Å². The summed E-state index contributed by atoms with van der Waals surface area (Å²) in [6.45, 7) is 9.37. The third-order valence-electron chi connectivity index (χ3n) is 4.41. The van der Waals surface area contributed by atoms with Crippen LogP contribution in [0.4, 0.5) is 5.69 Å². The van der Waals surface area contributed by atoms with Gasteiger partial charge in [-0.05, 0) is 50.1 Å². The summed E-state index contributed by atoms with van der Waals surface area (Å²) in [4.78, 5) is 26.2. The van der Waals surface area contributed by atoms with Gasteiger partial charge in [-0.15, -0.1) is 0 Å². The van der Waals surface area contributed by atoms with Gasteiger partial charge in [-0.1, -0.05) is 30.7 Å². The minimum Gasteiger partial charge on any atom is -0.490 e. The van der Waals surface area contributed by atoms with Crippen molar-refractivity contribution in [1.29, 1.82) is 0 Å². The maximum absolute atomic E-state index is 12.8. The standard InChI is InChI=1S/C23H29ClN2O4/c1-5-11-30-22-20(24)13-18(14-21(22)29-7-3)23(28)25-19-10-8-9-17(12-19)15-26(6-2)16(4)27/h8-10,12-14H,5-7,11,15H2,1-4H3,(H,25,28). The highest BCUT2D eigenvalue weighted by molar-refractivity contribution is 6.32. The number of anilines is 1. The highest BCUT2D eigenvalue weighted by Crippen LogP contribution is 2.37. The molecule has 6 nitrogen and oxygen atoms in total. The van der Waals surface area contributed by atoms with Gasteiger partial charge in [0.25, 0.3) is 5.91 Å². The number of nitrogens with one attached hydrogen (secondary N) is 1. The summed E-state index contributed by atoms with van der Waals surface area (Å²) < 4.78 is 11.3. The lowest BCUT2D eigenvalue weighted by Crippen LogP contribution is -2.27. The van der Waals surface area contributed by atoms with Gasteiger partial charge >= 0.3 is 0 Å². The van der Waals surface area contributed by atoms with E-state index in [-0.39, 0.29) is 11.8 Å². The largest absolute Gasteiger partial charge is 0.490 e. The van der Waals surface area contributed by atoms with Crippen LogP contribution >= 0.6 is 11.6 Å². The van der Waals surface area contributed by atoms with Gasteiger partial charge in [-0.3, -0.25) is 9.59 Å². The van der Waals surface area contributed by atoms with Crippen molar-refractivity contribution < 1.29 is 19.1 Å². The molecule has 2 aromatic rings. The molecular weight excluding hydrogens is 404 g/mol. The van der Waals surface area contributed by atoms with E-state index in [0.29, 0.717) is 54.1 Å². The van der Waals surface area contributed by atoms with Crippen LogP contribution in [0.15, 0.2) is 36.4 Å². The molecule has 0 heterocycles. The first-order chi connectivity index (χ1) is 14.4. The van der Waals surface area contributed by atoms with Crippen LogP contribution in [0.25, 0.3) is 0 Å². The van der Waals surface area contributed by atoms with Crippen LogP contribution in [-0.2, 0) is 11.3 Å². The number of benzene rings is 2. The molecule has 0 aromatic heterocycles. The van der Waals surface area contributed by atoms with Gasteiger partial charge in [0.2, 0.25) is 5.91 Å². The van der Waals surface area contributed by atoms with E-state index in [9.17, 15) is 9.59 Å². The first-order valence-corrected chi connectivity index (χ1v) is 10.5. The van der Waals surface area contributed by atoms with Crippen molar-refractivity contribution in [3.63, 3.8) is 0 Å². The molecule has 0 unspecified atom stereocenters. The van der Waals surface area contributed by atoms with E-state index in [2.05, 4.69) is 5.32 Å².